The lowest BCUT2D eigenvalue weighted by Gasteiger charge is -2.14. The third kappa shape index (κ3) is 3.94. The summed E-state index contributed by atoms with van der Waals surface area (Å²) in [6, 6.07) is 0. The highest BCUT2D eigenvalue weighted by molar-refractivity contribution is 4.89. The highest BCUT2D eigenvalue weighted by Crippen LogP contribution is 2.21. The summed E-state index contributed by atoms with van der Waals surface area (Å²) in [6.45, 7) is 2.28. The predicted molar refractivity (Wildman–Crippen MR) is 55.2 cm³/mol. The standard InChI is InChI=1S/C12H22/c1-2-3-9-12-10-7-5-4-6-8-11-12/h7,10,12H,2-6,8-9,11H2,1H3. The first-order chi connectivity index (χ1) is 5.93. The van der Waals surface area contributed by atoms with Gasteiger partial charge in [-0.2, -0.15) is 0 Å². The minimum Gasteiger partial charge on any atom is -0.0883 e. The van der Waals surface area contributed by atoms with Gasteiger partial charge in [0, 0.05) is 0 Å². The summed E-state index contributed by atoms with van der Waals surface area (Å²) in [6.07, 6.45) is 16.1. The van der Waals surface area contributed by atoms with Crippen LogP contribution in [-0.2, 0) is 0 Å². The van der Waals surface area contributed by atoms with Gasteiger partial charge in [0.25, 0.3) is 0 Å². The van der Waals surface area contributed by atoms with Crippen LogP contribution in [0.5, 0.6) is 0 Å². The molecule has 0 radical (unpaired) electrons. The summed E-state index contributed by atoms with van der Waals surface area (Å²) < 4.78 is 0. The summed E-state index contributed by atoms with van der Waals surface area (Å²) in [4.78, 5) is 0. The third-order valence-electron chi connectivity index (χ3n) is 2.78. The lowest BCUT2D eigenvalue weighted by molar-refractivity contribution is 0.476. The van der Waals surface area contributed by atoms with E-state index in [1.54, 1.807) is 0 Å². The first-order valence-corrected chi connectivity index (χ1v) is 5.60. The lowest BCUT2D eigenvalue weighted by atomic mass is 9.92. The molecular weight excluding hydrogens is 144 g/mol. The fourth-order valence-corrected chi connectivity index (χ4v) is 1.94. The average molecular weight is 166 g/mol. The van der Waals surface area contributed by atoms with E-state index in [1.807, 2.05) is 0 Å². The zero-order chi connectivity index (χ0) is 8.65. The van der Waals surface area contributed by atoms with Crippen LogP contribution in [0.4, 0.5) is 0 Å². The minimum absolute atomic E-state index is 0.908. The van der Waals surface area contributed by atoms with Crippen LogP contribution in [0.1, 0.15) is 58.3 Å². The molecule has 0 spiro atoms. The van der Waals surface area contributed by atoms with E-state index in [0.717, 1.165) is 5.92 Å². The highest BCUT2D eigenvalue weighted by atomic mass is 14.1. The van der Waals surface area contributed by atoms with Crippen molar-refractivity contribution in [3.63, 3.8) is 0 Å². The molecule has 0 aliphatic heterocycles. The average Bonchev–Trinajstić information content (AvgIpc) is 2.02. The van der Waals surface area contributed by atoms with Crippen LogP contribution in [0.3, 0.4) is 0 Å². The highest BCUT2D eigenvalue weighted by Gasteiger charge is 2.05. The molecule has 0 N–H and O–H groups in total. The molecule has 1 aliphatic rings. The first kappa shape index (κ1) is 9.83. The Bertz CT molecular complexity index is 124. The molecule has 0 aromatic heterocycles. The summed E-state index contributed by atoms with van der Waals surface area (Å²) in [5.74, 6) is 0.908. The van der Waals surface area contributed by atoms with E-state index in [9.17, 15) is 0 Å². The van der Waals surface area contributed by atoms with Gasteiger partial charge in [-0.05, 0) is 31.6 Å². The normalized spacial score (nSPS) is 24.9. The molecule has 1 unspecified atom stereocenters. The van der Waals surface area contributed by atoms with Gasteiger partial charge in [0.1, 0.15) is 0 Å². The summed E-state index contributed by atoms with van der Waals surface area (Å²) in [5.41, 5.74) is 0. The molecular formula is C12H22. The molecule has 0 heteroatoms. The van der Waals surface area contributed by atoms with Gasteiger partial charge in [-0.25, -0.2) is 0 Å². The Morgan fingerprint density at radius 3 is 3.00 bits per heavy atom. The summed E-state index contributed by atoms with van der Waals surface area (Å²) >= 11 is 0. The molecule has 1 rings (SSSR count). The molecule has 0 aromatic carbocycles. The van der Waals surface area contributed by atoms with Crippen molar-refractivity contribution < 1.29 is 0 Å². The van der Waals surface area contributed by atoms with Crippen LogP contribution in [0, 0.1) is 5.92 Å². The van der Waals surface area contributed by atoms with Gasteiger partial charge in [-0.3, -0.25) is 0 Å². The van der Waals surface area contributed by atoms with Gasteiger partial charge in [0.15, 0.2) is 0 Å². The van der Waals surface area contributed by atoms with Crippen molar-refractivity contribution in [1.29, 1.82) is 0 Å². The Labute approximate surface area is 77.1 Å². The Kier molecular flexibility index (Phi) is 5.14. The van der Waals surface area contributed by atoms with E-state index < -0.39 is 0 Å². The zero-order valence-corrected chi connectivity index (χ0v) is 8.39. The number of unbranched alkanes of at least 4 members (excludes halogenated alkanes) is 1. The molecule has 1 atom stereocenters. The van der Waals surface area contributed by atoms with Crippen LogP contribution in [0.2, 0.25) is 0 Å². The Hall–Kier alpha value is -0.260. The maximum atomic E-state index is 2.47. The maximum absolute atomic E-state index is 2.47. The minimum atomic E-state index is 0.908. The van der Waals surface area contributed by atoms with Crippen molar-refractivity contribution in [3.8, 4) is 0 Å². The Morgan fingerprint density at radius 1 is 1.25 bits per heavy atom. The molecule has 70 valence electrons. The second-order valence-electron chi connectivity index (χ2n) is 3.97. The quantitative estimate of drug-likeness (QED) is 0.548. The van der Waals surface area contributed by atoms with E-state index in [1.165, 1.54) is 51.4 Å². The summed E-state index contributed by atoms with van der Waals surface area (Å²) in [7, 11) is 0. The Morgan fingerprint density at radius 2 is 2.17 bits per heavy atom. The van der Waals surface area contributed by atoms with E-state index in [0.29, 0.717) is 0 Å². The SMILES string of the molecule is CCCCC1C=CCCCCC1. The molecule has 0 bridgehead atoms. The van der Waals surface area contributed by atoms with Crippen LogP contribution < -0.4 is 0 Å². The number of hydrogen-bond donors (Lipinski definition) is 0. The number of rotatable bonds is 3. The third-order valence-corrected chi connectivity index (χ3v) is 2.78. The monoisotopic (exact) mass is 166 g/mol. The van der Waals surface area contributed by atoms with Crippen molar-refractivity contribution >= 4 is 0 Å². The van der Waals surface area contributed by atoms with Gasteiger partial charge in [-0.1, -0.05) is 44.8 Å². The van der Waals surface area contributed by atoms with Crippen molar-refractivity contribution in [1.82, 2.24) is 0 Å². The van der Waals surface area contributed by atoms with E-state index in [4.69, 9.17) is 0 Å². The molecule has 0 heterocycles. The second kappa shape index (κ2) is 6.28. The van der Waals surface area contributed by atoms with Gasteiger partial charge >= 0.3 is 0 Å². The molecule has 0 saturated heterocycles. The Balaban J connectivity index is 2.23. The van der Waals surface area contributed by atoms with Crippen molar-refractivity contribution in [2.45, 2.75) is 58.3 Å². The van der Waals surface area contributed by atoms with Crippen molar-refractivity contribution in [2.24, 2.45) is 5.92 Å². The van der Waals surface area contributed by atoms with Gasteiger partial charge in [0.2, 0.25) is 0 Å². The maximum Gasteiger partial charge on any atom is -0.0234 e. The molecule has 0 nitrogen and oxygen atoms in total. The smallest absolute Gasteiger partial charge is 0.0234 e. The predicted octanol–water partition coefficient (Wildman–Crippen LogP) is 4.31. The molecule has 0 saturated carbocycles. The van der Waals surface area contributed by atoms with Gasteiger partial charge in [0.05, 0.1) is 0 Å². The largest absolute Gasteiger partial charge is 0.0883 e. The van der Waals surface area contributed by atoms with Crippen molar-refractivity contribution in [3.05, 3.63) is 12.2 Å². The first-order valence-electron chi connectivity index (χ1n) is 5.60. The lowest BCUT2D eigenvalue weighted by Crippen LogP contribution is -1.98. The fraction of sp³-hybridized carbons (Fsp3) is 0.833. The van der Waals surface area contributed by atoms with Crippen molar-refractivity contribution in [2.75, 3.05) is 0 Å². The molecule has 1 aliphatic carbocycles. The fourth-order valence-electron chi connectivity index (χ4n) is 1.94. The van der Waals surface area contributed by atoms with Crippen LogP contribution in [-0.4, -0.2) is 0 Å². The van der Waals surface area contributed by atoms with Crippen LogP contribution in [0.25, 0.3) is 0 Å². The van der Waals surface area contributed by atoms with E-state index in [-0.39, 0.29) is 0 Å². The van der Waals surface area contributed by atoms with Gasteiger partial charge in [-0.15, -0.1) is 0 Å². The van der Waals surface area contributed by atoms with Crippen LogP contribution in [0.15, 0.2) is 12.2 Å². The molecule has 0 aromatic rings. The van der Waals surface area contributed by atoms with E-state index in [2.05, 4.69) is 19.1 Å². The molecule has 12 heavy (non-hydrogen) atoms. The zero-order valence-electron chi connectivity index (χ0n) is 8.39. The second-order valence-corrected chi connectivity index (χ2v) is 3.97. The molecule has 0 fully saturated rings. The van der Waals surface area contributed by atoms with Crippen LogP contribution >= 0.6 is 0 Å². The van der Waals surface area contributed by atoms with E-state index >= 15 is 0 Å². The summed E-state index contributed by atoms with van der Waals surface area (Å²) in [5, 5.41) is 0. The number of hydrogen-bond acceptors (Lipinski definition) is 0. The van der Waals surface area contributed by atoms with Gasteiger partial charge < -0.3 is 0 Å². The topological polar surface area (TPSA) is 0 Å². The molecule has 0 amide bonds. The number of allylic oxidation sites excluding steroid dienone is 2.